The number of ether oxygens (including phenoxy) is 4. The van der Waals surface area contributed by atoms with Crippen molar-refractivity contribution in [3.63, 3.8) is 0 Å². The molecule has 0 radical (unpaired) electrons. The number of aromatic amines is 2. The third-order valence-electron chi connectivity index (χ3n) is 11.5. The summed E-state index contributed by atoms with van der Waals surface area (Å²) in [5, 5.41) is 9.22. The third-order valence-corrected chi connectivity index (χ3v) is 11.5. The molecule has 4 aliphatic heterocycles. The predicted octanol–water partition coefficient (Wildman–Crippen LogP) is 1.29. The van der Waals surface area contributed by atoms with Crippen LogP contribution >= 0.6 is 0 Å². The zero-order valence-electron chi connectivity index (χ0n) is 36.1. The number of carbonyl (C=O) groups excluding carboxylic acids is 2. The van der Waals surface area contributed by atoms with Crippen molar-refractivity contribution in [2.45, 2.75) is 51.2 Å². The molecule has 0 aliphatic carbocycles. The Bertz CT molecular complexity index is 2750. The molecule has 0 atom stereocenters. The van der Waals surface area contributed by atoms with Gasteiger partial charge in [0.1, 0.15) is 29.1 Å². The molecule has 0 unspecified atom stereocenters. The number of fused-ring (bicyclic) bond motifs is 6. The average molecular weight is 902 g/mol. The number of imidazole rings is 2. The van der Waals surface area contributed by atoms with E-state index in [1.54, 1.807) is 0 Å². The van der Waals surface area contributed by atoms with Gasteiger partial charge < -0.3 is 56.3 Å². The SMILES string of the molecule is Nc1nc2nc3c1[nH]c(=O)n3Cc1ccc(OCC(=O)CC3CNC3)c(c1)C/C=C\CCO2.Nc1nc2nc3c1[nH]c(=O)n3Cc1ccc(OCC(=O)NC3CNC3)c(c1)C/C=C/CCO2. The fourth-order valence-electron chi connectivity index (χ4n) is 7.84. The Labute approximate surface area is 377 Å². The summed E-state index contributed by atoms with van der Waals surface area (Å²) in [6.07, 6.45) is 11.2. The maximum Gasteiger partial charge on any atom is 0.328 e. The number of amides is 1. The standard InChI is InChI=1S/C23H26N6O4.C22H25N7O4/c24-20-19-21-28-22(27-20)32-7-3-1-2-4-16-8-14(12-29(21)23(31)26-19)5-6-18(16)33-13-17(30)9-15-10-25-11-15;23-19-18-20-28-21(27-19)32-7-3-1-2-4-14-8-13(11-29(20)22(31)26-18)5-6-16(14)33-12-17(30)25-15-9-24-10-15/h1-2,5-6,8,15,25H,3-4,7,9-13H2,(H,26,31)(H2,24,27,28);1-2,5-6,8,15,24H,3-4,7,9-12H2,(H,25,30)(H,26,31)(H2,23,27,28)/b2-1-;2-1+. The van der Waals surface area contributed by atoms with Gasteiger partial charge in [-0.15, -0.1) is 0 Å². The summed E-state index contributed by atoms with van der Waals surface area (Å²) in [6.45, 7) is 4.68. The number of Topliss-reactive ketones (excluding diaryl/α,β-unsaturated/α-hetero) is 1. The average Bonchev–Trinajstić information content (AvgIpc) is 3.76. The van der Waals surface area contributed by atoms with Crippen LogP contribution in [0.3, 0.4) is 0 Å². The van der Waals surface area contributed by atoms with Crippen LogP contribution in [0.5, 0.6) is 23.5 Å². The summed E-state index contributed by atoms with van der Waals surface area (Å²) in [4.78, 5) is 72.1. The van der Waals surface area contributed by atoms with E-state index < -0.39 is 0 Å². The molecule has 2 fully saturated rings. The highest BCUT2D eigenvalue weighted by atomic mass is 16.5. The van der Waals surface area contributed by atoms with Gasteiger partial charge in [0.05, 0.1) is 32.3 Å². The lowest BCUT2D eigenvalue weighted by molar-refractivity contribution is -0.124. The number of carbonyl (C=O) groups is 2. The van der Waals surface area contributed by atoms with E-state index in [2.05, 4.69) is 45.9 Å². The maximum absolute atomic E-state index is 12.6. The van der Waals surface area contributed by atoms with Crippen LogP contribution in [-0.2, 0) is 35.5 Å². The Balaban J connectivity index is 0.000000166. The molecule has 21 nitrogen and oxygen atoms in total. The van der Waals surface area contributed by atoms with Gasteiger partial charge in [-0.1, -0.05) is 36.4 Å². The number of ketones is 1. The molecule has 1 amide bonds. The molecule has 10 rings (SSSR count). The van der Waals surface area contributed by atoms with Crippen LogP contribution in [0.4, 0.5) is 11.6 Å². The third kappa shape index (κ3) is 10.2. The van der Waals surface area contributed by atoms with E-state index in [1.807, 2.05) is 60.7 Å². The normalized spacial score (nSPS) is 17.2. The van der Waals surface area contributed by atoms with Crippen LogP contribution in [0.1, 0.15) is 41.5 Å². The lowest BCUT2D eigenvalue weighted by Crippen LogP contribution is -2.57. The van der Waals surface area contributed by atoms with Gasteiger partial charge in [0.2, 0.25) is 0 Å². The fourth-order valence-corrected chi connectivity index (χ4v) is 7.84. The Kier molecular flexibility index (Phi) is 13.0. The Morgan fingerprint density at radius 3 is 1.70 bits per heavy atom. The van der Waals surface area contributed by atoms with Gasteiger partial charge >= 0.3 is 23.4 Å². The quantitative estimate of drug-likeness (QED) is 0.101. The highest BCUT2D eigenvalue weighted by molar-refractivity contribution is 5.83. The second-order valence-corrected chi connectivity index (χ2v) is 16.5. The second-order valence-electron chi connectivity index (χ2n) is 16.5. The van der Waals surface area contributed by atoms with Crippen LogP contribution in [0.25, 0.3) is 22.3 Å². The van der Waals surface area contributed by atoms with Gasteiger partial charge in [0, 0.05) is 19.5 Å². The van der Waals surface area contributed by atoms with Gasteiger partial charge in [-0.2, -0.15) is 19.9 Å². The number of hydrogen-bond acceptors (Lipinski definition) is 16. The summed E-state index contributed by atoms with van der Waals surface area (Å²) in [6, 6.07) is 11.9. The molecule has 8 bridgehead atoms. The van der Waals surface area contributed by atoms with Crippen LogP contribution < -0.4 is 57.7 Å². The van der Waals surface area contributed by atoms with Crippen LogP contribution in [0.15, 0.2) is 70.3 Å². The van der Waals surface area contributed by atoms with E-state index >= 15 is 0 Å². The molecule has 4 aliphatic rings. The number of anilines is 2. The van der Waals surface area contributed by atoms with Gasteiger partial charge in [-0.05, 0) is 91.2 Å². The molecular formula is C45H51N13O8. The molecular weight excluding hydrogens is 851 g/mol. The van der Waals surface area contributed by atoms with Crippen molar-refractivity contribution in [3.05, 3.63) is 104 Å². The number of nitrogen functional groups attached to an aromatic ring is 2. The van der Waals surface area contributed by atoms with E-state index in [1.165, 1.54) is 9.13 Å². The highest BCUT2D eigenvalue weighted by Gasteiger charge is 2.22. The Hall–Kier alpha value is -7.52. The molecule has 9 N–H and O–H groups in total. The zero-order valence-corrected chi connectivity index (χ0v) is 36.1. The number of allylic oxidation sites excluding steroid dienone is 2. The van der Waals surface area contributed by atoms with Crippen LogP contribution in [0, 0.1) is 5.92 Å². The van der Waals surface area contributed by atoms with Crippen molar-refractivity contribution >= 4 is 45.7 Å². The summed E-state index contributed by atoms with van der Waals surface area (Å²) in [7, 11) is 0. The van der Waals surface area contributed by atoms with E-state index in [0.717, 1.165) is 48.4 Å². The largest absolute Gasteiger partial charge is 0.486 e. The summed E-state index contributed by atoms with van der Waals surface area (Å²) in [5.41, 5.74) is 16.6. The molecule has 21 heteroatoms. The summed E-state index contributed by atoms with van der Waals surface area (Å²) < 4.78 is 26.0. The smallest absolute Gasteiger partial charge is 0.328 e. The fraction of sp³-hybridized carbons (Fsp3) is 0.378. The number of hydrogen-bond donors (Lipinski definition) is 7. The minimum atomic E-state index is -0.334. The topological polar surface area (TPSA) is 286 Å². The summed E-state index contributed by atoms with van der Waals surface area (Å²) in [5.74, 6) is 2.00. The van der Waals surface area contributed by atoms with Gasteiger partial charge in [0.15, 0.2) is 35.3 Å². The molecule has 344 valence electrons. The molecule has 6 aromatic rings. The zero-order chi connectivity index (χ0) is 45.6. The first-order valence-electron chi connectivity index (χ1n) is 21.9. The van der Waals surface area contributed by atoms with Gasteiger partial charge in [-0.25, -0.2) is 9.59 Å². The number of aromatic nitrogens is 8. The van der Waals surface area contributed by atoms with E-state index in [4.69, 9.17) is 30.4 Å². The minimum Gasteiger partial charge on any atom is -0.486 e. The number of nitrogens with one attached hydrogen (secondary N) is 5. The Morgan fingerprint density at radius 2 is 1.21 bits per heavy atom. The number of benzene rings is 2. The van der Waals surface area contributed by atoms with Crippen molar-refractivity contribution in [1.82, 2.24) is 55.0 Å². The molecule has 2 aromatic carbocycles. The van der Waals surface area contributed by atoms with E-state index in [0.29, 0.717) is 91.6 Å². The van der Waals surface area contributed by atoms with Crippen molar-refractivity contribution in [2.24, 2.45) is 5.92 Å². The Morgan fingerprint density at radius 1 is 0.697 bits per heavy atom. The highest BCUT2D eigenvalue weighted by Crippen LogP contribution is 2.26. The number of H-pyrrole nitrogens is 2. The first-order chi connectivity index (χ1) is 32.1. The van der Waals surface area contributed by atoms with Crippen molar-refractivity contribution in [3.8, 4) is 23.5 Å². The molecule has 0 saturated carbocycles. The second kappa shape index (κ2) is 19.7. The van der Waals surface area contributed by atoms with Crippen LogP contribution in [-0.4, -0.2) is 109 Å². The number of nitrogens with two attached hydrogens (primary N) is 2. The molecule has 2 saturated heterocycles. The monoisotopic (exact) mass is 901 g/mol. The maximum atomic E-state index is 12.6. The van der Waals surface area contributed by atoms with Crippen molar-refractivity contribution < 1.29 is 28.5 Å². The van der Waals surface area contributed by atoms with E-state index in [-0.39, 0.29) is 72.5 Å². The molecule has 66 heavy (non-hydrogen) atoms. The van der Waals surface area contributed by atoms with Crippen molar-refractivity contribution in [1.29, 1.82) is 0 Å². The first kappa shape index (κ1) is 43.7. The van der Waals surface area contributed by atoms with Crippen LogP contribution in [0.2, 0.25) is 0 Å². The minimum absolute atomic E-state index is 0.0543. The lowest BCUT2D eigenvalue weighted by atomic mass is 9.97. The molecule has 0 spiro atoms. The number of rotatable bonds is 9. The summed E-state index contributed by atoms with van der Waals surface area (Å²) >= 11 is 0. The lowest BCUT2D eigenvalue weighted by Gasteiger charge is -2.27. The number of nitrogens with zero attached hydrogens (tertiary/aromatic N) is 6. The van der Waals surface area contributed by atoms with Crippen molar-refractivity contribution in [2.75, 3.05) is 64.1 Å². The van der Waals surface area contributed by atoms with Gasteiger partial charge in [0.25, 0.3) is 5.91 Å². The first-order valence-corrected chi connectivity index (χ1v) is 21.9. The molecule has 4 aromatic heterocycles. The molecule has 8 heterocycles. The van der Waals surface area contributed by atoms with Gasteiger partial charge in [-0.3, -0.25) is 18.7 Å². The van der Waals surface area contributed by atoms with E-state index in [9.17, 15) is 19.2 Å². The predicted molar refractivity (Wildman–Crippen MR) is 244 cm³/mol.